The van der Waals surface area contributed by atoms with E-state index in [-0.39, 0.29) is 23.7 Å². The molecule has 30 heavy (non-hydrogen) atoms. The first-order chi connectivity index (χ1) is 14.4. The summed E-state index contributed by atoms with van der Waals surface area (Å²) in [5, 5.41) is 4.20. The Labute approximate surface area is 192 Å². The first kappa shape index (κ1) is 22.9. The molecule has 0 bridgehead atoms. The number of rotatable bonds is 6. The highest BCUT2D eigenvalue weighted by atomic mass is 35.5. The van der Waals surface area contributed by atoms with E-state index in [4.69, 9.17) is 34.8 Å². The third-order valence-corrected chi connectivity index (χ3v) is 6.32. The predicted octanol–water partition coefficient (Wildman–Crippen LogP) is 6.00. The van der Waals surface area contributed by atoms with Crippen LogP contribution in [-0.4, -0.2) is 23.7 Å². The molecular weight excluding hydrogens is 443 g/mol. The van der Waals surface area contributed by atoms with E-state index in [9.17, 15) is 9.59 Å². The van der Waals surface area contributed by atoms with Crippen LogP contribution in [0.25, 0.3) is 0 Å². The molecule has 1 saturated carbocycles. The van der Waals surface area contributed by atoms with Gasteiger partial charge in [0, 0.05) is 21.8 Å². The van der Waals surface area contributed by atoms with E-state index in [1.54, 1.807) is 48.5 Å². The monoisotopic (exact) mass is 466 g/mol. The Kier molecular flexibility index (Phi) is 8.04. The molecule has 2 aromatic rings. The third-order valence-electron chi connectivity index (χ3n) is 5.60. The number of hydrogen-bond donors (Lipinski definition) is 1. The normalized spacial score (nSPS) is 19.7. The molecule has 1 aliphatic carbocycles. The molecule has 3 atom stereocenters. The Morgan fingerprint density at radius 3 is 2.40 bits per heavy atom. The van der Waals surface area contributed by atoms with Crippen molar-refractivity contribution in [3.05, 3.63) is 64.1 Å². The zero-order valence-electron chi connectivity index (χ0n) is 16.8. The molecule has 4 nitrogen and oxygen atoms in total. The van der Waals surface area contributed by atoms with Gasteiger partial charge in [0.05, 0.1) is 0 Å². The molecule has 160 valence electrons. The third kappa shape index (κ3) is 5.48. The second-order valence-electron chi connectivity index (χ2n) is 7.71. The molecule has 1 aliphatic rings. The standard InChI is InChI=1S/C23H25Cl3N2O2/c1-15-5-2-3-8-20(15)27-23(30)22(16-9-11-17(25)12-10-16)28(21(29)14-24)19-7-4-6-18(26)13-19/h4,6-7,9-13,15,20,22H,2-3,5,8,14H2,1H3,(H,27,30)/t15-,20-,22-/m1/s1. The highest BCUT2D eigenvalue weighted by molar-refractivity contribution is 6.32. The van der Waals surface area contributed by atoms with Gasteiger partial charge in [-0.05, 0) is 54.7 Å². The SMILES string of the molecule is C[C@@H]1CCCC[C@H]1NC(=O)[C@@H](c1ccc(Cl)cc1)N(C(=O)CCl)c1cccc(Cl)c1. The summed E-state index contributed by atoms with van der Waals surface area (Å²) in [6, 6.07) is 13.0. The van der Waals surface area contributed by atoms with E-state index >= 15 is 0 Å². The van der Waals surface area contributed by atoms with Gasteiger partial charge in [0.1, 0.15) is 11.9 Å². The van der Waals surface area contributed by atoms with Crippen LogP contribution in [0.5, 0.6) is 0 Å². The molecule has 0 aromatic heterocycles. The molecule has 1 fully saturated rings. The Bertz CT molecular complexity index is 888. The van der Waals surface area contributed by atoms with E-state index < -0.39 is 6.04 Å². The van der Waals surface area contributed by atoms with E-state index in [2.05, 4.69) is 12.2 Å². The summed E-state index contributed by atoms with van der Waals surface area (Å²) in [5.41, 5.74) is 1.17. The highest BCUT2D eigenvalue weighted by Gasteiger charge is 2.34. The number of nitrogens with one attached hydrogen (secondary N) is 1. The van der Waals surface area contributed by atoms with Crippen molar-refractivity contribution >= 4 is 52.3 Å². The zero-order chi connectivity index (χ0) is 21.7. The minimum absolute atomic E-state index is 0.0772. The summed E-state index contributed by atoms with van der Waals surface area (Å²) in [6.45, 7) is 2.15. The van der Waals surface area contributed by atoms with Crippen LogP contribution >= 0.6 is 34.8 Å². The van der Waals surface area contributed by atoms with Crippen LogP contribution in [0.1, 0.15) is 44.2 Å². The molecule has 0 unspecified atom stereocenters. The molecule has 0 radical (unpaired) electrons. The minimum atomic E-state index is -0.888. The van der Waals surface area contributed by atoms with Gasteiger partial charge in [-0.15, -0.1) is 11.6 Å². The molecule has 7 heteroatoms. The number of anilines is 1. The Morgan fingerprint density at radius 1 is 1.07 bits per heavy atom. The van der Waals surface area contributed by atoms with Crippen LogP contribution in [0.2, 0.25) is 10.0 Å². The predicted molar refractivity (Wildman–Crippen MR) is 123 cm³/mol. The summed E-state index contributed by atoms with van der Waals surface area (Å²) in [4.78, 5) is 27.9. The molecule has 0 aliphatic heterocycles. The van der Waals surface area contributed by atoms with E-state index in [0.29, 0.717) is 27.2 Å². The van der Waals surface area contributed by atoms with Crippen molar-refractivity contribution in [2.24, 2.45) is 5.92 Å². The van der Waals surface area contributed by atoms with Gasteiger partial charge in [0.25, 0.3) is 0 Å². The first-order valence-electron chi connectivity index (χ1n) is 10.1. The van der Waals surface area contributed by atoms with Crippen LogP contribution in [0.15, 0.2) is 48.5 Å². The molecule has 3 rings (SSSR count). The lowest BCUT2D eigenvalue weighted by atomic mass is 9.85. The molecule has 0 heterocycles. The summed E-state index contributed by atoms with van der Waals surface area (Å²) in [7, 11) is 0. The maximum atomic E-state index is 13.5. The first-order valence-corrected chi connectivity index (χ1v) is 11.4. The molecular formula is C23H25Cl3N2O2. The fraction of sp³-hybridized carbons (Fsp3) is 0.391. The lowest BCUT2D eigenvalue weighted by Gasteiger charge is -2.35. The molecule has 2 amide bonds. The molecule has 1 N–H and O–H groups in total. The van der Waals surface area contributed by atoms with E-state index in [1.165, 1.54) is 11.3 Å². The maximum absolute atomic E-state index is 13.5. The van der Waals surface area contributed by atoms with Crippen molar-refractivity contribution in [3.63, 3.8) is 0 Å². The van der Waals surface area contributed by atoms with Crippen molar-refractivity contribution in [2.45, 2.75) is 44.7 Å². The van der Waals surface area contributed by atoms with Crippen LogP contribution in [0, 0.1) is 5.92 Å². The van der Waals surface area contributed by atoms with Gasteiger partial charge in [0.15, 0.2) is 0 Å². The van der Waals surface area contributed by atoms with Crippen molar-refractivity contribution in [1.29, 1.82) is 0 Å². The van der Waals surface area contributed by atoms with Crippen molar-refractivity contribution < 1.29 is 9.59 Å². The average molecular weight is 468 g/mol. The molecule has 0 spiro atoms. The molecule has 0 saturated heterocycles. The number of carbonyl (C=O) groups is 2. The zero-order valence-corrected chi connectivity index (χ0v) is 19.1. The summed E-state index contributed by atoms with van der Waals surface area (Å²) in [6.07, 6.45) is 4.27. The second kappa shape index (κ2) is 10.5. The number of nitrogens with zero attached hydrogens (tertiary/aromatic N) is 1. The van der Waals surface area contributed by atoms with Gasteiger partial charge in [-0.2, -0.15) is 0 Å². The van der Waals surface area contributed by atoms with Gasteiger partial charge in [-0.25, -0.2) is 0 Å². The quantitative estimate of drug-likeness (QED) is 0.530. The molecule has 2 aromatic carbocycles. The number of carbonyl (C=O) groups excluding carboxylic acids is 2. The number of halogens is 3. The van der Waals surface area contributed by atoms with E-state index in [1.807, 2.05) is 0 Å². The van der Waals surface area contributed by atoms with Crippen LogP contribution in [-0.2, 0) is 9.59 Å². The Balaban J connectivity index is 2.02. The number of amides is 2. The van der Waals surface area contributed by atoms with Crippen LogP contribution < -0.4 is 10.2 Å². The fourth-order valence-electron chi connectivity index (χ4n) is 3.98. The Morgan fingerprint density at radius 2 is 1.77 bits per heavy atom. The summed E-state index contributed by atoms with van der Waals surface area (Å²) >= 11 is 18.2. The smallest absolute Gasteiger partial charge is 0.248 e. The van der Waals surface area contributed by atoms with E-state index in [0.717, 1.165) is 19.3 Å². The lowest BCUT2D eigenvalue weighted by Crippen LogP contribution is -2.49. The van der Waals surface area contributed by atoms with Gasteiger partial charge >= 0.3 is 0 Å². The Hall–Kier alpha value is -1.75. The average Bonchev–Trinajstić information content (AvgIpc) is 2.74. The van der Waals surface area contributed by atoms with Gasteiger partial charge in [0.2, 0.25) is 11.8 Å². The van der Waals surface area contributed by atoms with Crippen molar-refractivity contribution in [2.75, 3.05) is 10.8 Å². The van der Waals surface area contributed by atoms with Crippen molar-refractivity contribution in [3.8, 4) is 0 Å². The van der Waals surface area contributed by atoms with Gasteiger partial charge < -0.3 is 5.32 Å². The van der Waals surface area contributed by atoms with Gasteiger partial charge in [-0.1, -0.05) is 61.2 Å². The number of hydrogen-bond acceptors (Lipinski definition) is 2. The largest absolute Gasteiger partial charge is 0.351 e. The van der Waals surface area contributed by atoms with Crippen molar-refractivity contribution in [1.82, 2.24) is 5.32 Å². The van der Waals surface area contributed by atoms with Gasteiger partial charge in [-0.3, -0.25) is 14.5 Å². The lowest BCUT2D eigenvalue weighted by molar-refractivity contribution is -0.126. The summed E-state index contributed by atoms with van der Waals surface area (Å²) < 4.78 is 0. The highest BCUT2D eigenvalue weighted by Crippen LogP contribution is 2.32. The van der Waals surface area contributed by atoms with Crippen LogP contribution in [0.4, 0.5) is 5.69 Å². The number of alkyl halides is 1. The minimum Gasteiger partial charge on any atom is -0.351 e. The fourth-order valence-corrected chi connectivity index (χ4v) is 4.42. The number of benzene rings is 2. The van der Waals surface area contributed by atoms with Crippen LogP contribution in [0.3, 0.4) is 0 Å². The maximum Gasteiger partial charge on any atom is 0.248 e. The summed E-state index contributed by atoms with van der Waals surface area (Å²) in [5.74, 6) is -0.499. The topological polar surface area (TPSA) is 49.4 Å². The second-order valence-corrected chi connectivity index (χ2v) is 8.85.